The zero-order chi connectivity index (χ0) is 27.1. The van der Waals surface area contributed by atoms with Crippen LogP contribution in [0.25, 0.3) is 0 Å². The van der Waals surface area contributed by atoms with E-state index in [4.69, 9.17) is 10.5 Å². The first kappa shape index (κ1) is 29.1. The predicted molar refractivity (Wildman–Crippen MR) is 147 cm³/mol. The smallest absolute Gasteiger partial charge is 0.231 e. The molecule has 1 aliphatic carbocycles. The van der Waals surface area contributed by atoms with Crippen molar-refractivity contribution < 1.29 is 23.1 Å². The lowest BCUT2D eigenvalue weighted by Crippen LogP contribution is -2.35. The van der Waals surface area contributed by atoms with Gasteiger partial charge in [-0.1, -0.05) is 44.4 Å². The number of nitrogens with zero attached hydrogens (tertiary/aromatic N) is 1. The highest BCUT2D eigenvalue weighted by Crippen LogP contribution is 2.36. The van der Waals surface area contributed by atoms with Crippen LogP contribution in [0.3, 0.4) is 0 Å². The first-order chi connectivity index (χ1) is 17.5. The number of allylic oxidation sites excluding steroid dienone is 3. The molecule has 9 heteroatoms. The SMILES string of the molecule is C=C(/C=N\C(=C/C)CCC1(O)CCOCC1)NC(=O)[C@H](CC1CCCC1)c1ccc(S(C)(=O)=O)c(N)c1. The molecular weight excluding hydrogens is 490 g/mol. The predicted octanol–water partition coefficient (Wildman–Crippen LogP) is 4.26. The van der Waals surface area contributed by atoms with Crippen molar-refractivity contribution in [1.29, 1.82) is 0 Å². The molecule has 1 aromatic rings. The number of carbonyl (C=O) groups is 1. The van der Waals surface area contributed by atoms with Crippen molar-refractivity contribution in [2.75, 3.05) is 25.2 Å². The molecule has 8 nitrogen and oxygen atoms in total. The van der Waals surface area contributed by atoms with Crippen molar-refractivity contribution in [3.8, 4) is 0 Å². The van der Waals surface area contributed by atoms with Crippen molar-refractivity contribution in [3.05, 3.63) is 47.8 Å². The Kier molecular flexibility index (Phi) is 10.1. The Bertz CT molecular complexity index is 1130. The number of nitrogens with two attached hydrogens (primary N) is 1. The molecule has 0 radical (unpaired) electrons. The summed E-state index contributed by atoms with van der Waals surface area (Å²) >= 11 is 0. The van der Waals surface area contributed by atoms with E-state index in [0.29, 0.717) is 62.5 Å². The highest BCUT2D eigenvalue weighted by atomic mass is 32.2. The van der Waals surface area contributed by atoms with Gasteiger partial charge in [-0.15, -0.1) is 0 Å². The molecule has 0 spiro atoms. The van der Waals surface area contributed by atoms with Crippen LogP contribution in [0.1, 0.15) is 76.2 Å². The molecule has 1 aliphatic heterocycles. The monoisotopic (exact) mass is 531 g/mol. The summed E-state index contributed by atoms with van der Waals surface area (Å²) in [6, 6.07) is 4.77. The highest BCUT2D eigenvalue weighted by Gasteiger charge is 2.30. The van der Waals surface area contributed by atoms with Crippen LogP contribution < -0.4 is 11.1 Å². The van der Waals surface area contributed by atoms with Gasteiger partial charge in [0.1, 0.15) is 0 Å². The van der Waals surface area contributed by atoms with E-state index in [1.807, 2.05) is 13.0 Å². The summed E-state index contributed by atoms with van der Waals surface area (Å²) in [5.41, 5.74) is 7.35. The number of rotatable bonds is 11. The number of aliphatic imine (C=N–C) groups is 1. The Hall–Kier alpha value is -2.49. The van der Waals surface area contributed by atoms with Gasteiger partial charge in [0.05, 0.1) is 34.0 Å². The van der Waals surface area contributed by atoms with Gasteiger partial charge in [-0.3, -0.25) is 9.79 Å². The lowest BCUT2D eigenvalue weighted by Gasteiger charge is -2.32. The van der Waals surface area contributed by atoms with Crippen LogP contribution in [0.5, 0.6) is 0 Å². The number of carbonyl (C=O) groups excluding carboxylic acids is 1. The maximum atomic E-state index is 13.4. The topological polar surface area (TPSA) is 131 Å². The summed E-state index contributed by atoms with van der Waals surface area (Å²) in [4.78, 5) is 17.9. The molecule has 1 aromatic carbocycles. The minimum Gasteiger partial charge on any atom is -0.398 e. The van der Waals surface area contributed by atoms with Crippen LogP contribution in [0.2, 0.25) is 0 Å². The van der Waals surface area contributed by atoms with Gasteiger partial charge >= 0.3 is 0 Å². The van der Waals surface area contributed by atoms with Crippen molar-refractivity contribution in [2.24, 2.45) is 10.9 Å². The number of nitrogen functional groups attached to an aromatic ring is 1. The lowest BCUT2D eigenvalue weighted by atomic mass is 9.87. The molecule has 204 valence electrons. The van der Waals surface area contributed by atoms with Gasteiger partial charge in [-0.05, 0) is 62.6 Å². The molecular formula is C28H41N3O5S. The standard InChI is InChI=1S/C28H41N3O5S/c1-4-23(11-12-28(33)13-15-36-16-14-28)30-19-20(2)31-27(32)24(17-21-7-5-6-8-21)22-9-10-26(25(29)18-22)37(3,34)35/h4,9-10,18-19,21,24,33H,2,5-8,11-17,29H2,1,3H3,(H,31,32)/b23-4-,30-19-/t24-/m1/s1. The van der Waals surface area contributed by atoms with E-state index in [1.54, 1.807) is 12.1 Å². The van der Waals surface area contributed by atoms with Crippen LogP contribution in [0.15, 0.2) is 52.1 Å². The zero-order valence-electron chi connectivity index (χ0n) is 22.0. The number of hydrogen-bond donors (Lipinski definition) is 3. The van der Waals surface area contributed by atoms with E-state index in [-0.39, 0.29) is 16.5 Å². The number of ether oxygens (including phenoxy) is 1. The Balaban J connectivity index is 1.67. The quantitative estimate of drug-likeness (QED) is 0.289. The second kappa shape index (κ2) is 12.8. The van der Waals surface area contributed by atoms with Crippen LogP contribution in [0.4, 0.5) is 5.69 Å². The minimum absolute atomic E-state index is 0.0668. The fraction of sp³-hybridized carbons (Fsp3) is 0.571. The van der Waals surface area contributed by atoms with Gasteiger partial charge in [0.2, 0.25) is 5.91 Å². The Morgan fingerprint density at radius 1 is 1.32 bits per heavy atom. The van der Waals surface area contributed by atoms with E-state index in [2.05, 4.69) is 16.9 Å². The van der Waals surface area contributed by atoms with Gasteiger partial charge in [0.15, 0.2) is 9.84 Å². The molecule has 1 heterocycles. The number of benzene rings is 1. The van der Waals surface area contributed by atoms with Crippen molar-refractivity contribution in [1.82, 2.24) is 5.32 Å². The van der Waals surface area contributed by atoms with Gasteiger partial charge < -0.3 is 20.9 Å². The molecule has 1 amide bonds. The Labute approximate surface area is 221 Å². The van der Waals surface area contributed by atoms with Gasteiger partial charge in [0, 0.05) is 25.2 Å². The lowest BCUT2D eigenvalue weighted by molar-refractivity contribution is -0.122. The van der Waals surface area contributed by atoms with Crippen molar-refractivity contribution >= 4 is 27.6 Å². The molecule has 0 unspecified atom stereocenters. The molecule has 4 N–H and O–H groups in total. The molecule has 0 bridgehead atoms. The Morgan fingerprint density at radius 3 is 2.59 bits per heavy atom. The molecule has 2 aliphatic rings. The zero-order valence-corrected chi connectivity index (χ0v) is 22.9. The number of aliphatic hydroxyl groups is 1. The third-order valence-corrected chi connectivity index (χ3v) is 8.64. The van der Waals surface area contributed by atoms with Gasteiger partial charge in [-0.25, -0.2) is 8.42 Å². The molecule has 2 fully saturated rings. The summed E-state index contributed by atoms with van der Waals surface area (Å²) < 4.78 is 29.3. The van der Waals surface area contributed by atoms with Crippen LogP contribution in [0, 0.1) is 5.92 Å². The third-order valence-electron chi connectivity index (χ3n) is 7.47. The molecule has 1 saturated heterocycles. The maximum Gasteiger partial charge on any atom is 0.231 e. The second-order valence-corrected chi connectivity index (χ2v) is 12.4. The fourth-order valence-corrected chi connectivity index (χ4v) is 5.98. The maximum absolute atomic E-state index is 13.4. The molecule has 0 aromatic heterocycles. The summed E-state index contributed by atoms with van der Waals surface area (Å²) in [5.74, 6) is -0.263. The normalized spacial score (nSPS) is 19.7. The second-order valence-electron chi connectivity index (χ2n) is 10.4. The molecule has 1 atom stereocenters. The number of hydrogen-bond acceptors (Lipinski definition) is 7. The molecule has 37 heavy (non-hydrogen) atoms. The van der Waals surface area contributed by atoms with E-state index in [9.17, 15) is 18.3 Å². The van der Waals surface area contributed by atoms with E-state index in [1.165, 1.54) is 12.3 Å². The van der Waals surface area contributed by atoms with E-state index >= 15 is 0 Å². The molecule has 1 saturated carbocycles. The Morgan fingerprint density at radius 2 is 2.00 bits per heavy atom. The highest BCUT2D eigenvalue weighted by molar-refractivity contribution is 7.90. The van der Waals surface area contributed by atoms with Crippen LogP contribution in [-0.4, -0.2) is 50.7 Å². The van der Waals surface area contributed by atoms with Crippen LogP contribution >= 0.6 is 0 Å². The summed E-state index contributed by atoms with van der Waals surface area (Å²) in [5, 5.41) is 13.6. The number of anilines is 1. The van der Waals surface area contributed by atoms with Crippen molar-refractivity contribution in [3.63, 3.8) is 0 Å². The first-order valence-corrected chi connectivity index (χ1v) is 15.0. The van der Waals surface area contributed by atoms with Gasteiger partial charge in [0.25, 0.3) is 0 Å². The van der Waals surface area contributed by atoms with Gasteiger partial charge in [-0.2, -0.15) is 0 Å². The van der Waals surface area contributed by atoms with E-state index in [0.717, 1.165) is 37.6 Å². The largest absolute Gasteiger partial charge is 0.398 e. The molecule has 3 rings (SSSR count). The summed E-state index contributed by atoms with van der Waals surface area (Å²) in [7, 11) is -3.46. The third kappa shape index (κ3) is 8.51. The number of sulfone groups is 1. The number of amides is 1. The summed E-state index contributed by atoms with van der Waals surface area (Å²) in [6.45, 7) is 6.99. The summed E-state index contributed by atoms with van der Waals surface area (Å²) in [6.07, 6.45) is 12.1. The van der Waals surface area contributed by atoms with Crippen molar-refractivity contribution in [2.45, 2.75) is 81.1 Å². The van der Waals surface area contributed by atoms with E-state index < -0.39 is 21.4 Å². The number of nitrogens with one attached hydrogen (secondary N) is 1. The average molecular weight is 532 g/mol. The average Bonchev–Trinajstić information content (AvgIpc) is 3.35. The fourth-order valence-electron chi connectivity index (χ4n) is 5.18. The minimum atomic E-state index is -3.46. The first-order valence-electron chi connectivity index (χ1n) is 13.1. The van der Waals surface area contributed by atoms with Crippen LogP contribution in [-0.2, 0) is 19.4 Å².